The Morgan fingerprint density at radius 1 is 0.733 bits per heavy atom. The molecular formula is C37H43N3O4S. The van der Waals surface area contributed by atoms with Gasteiger partial charge >= 0.3 is 0 Å². The van der Waals surface area contributed by atoms with Crippen LogP contribution >= 0.6 is 0 Å². The highest BCUT2D eigenvalue weighted by atomic mass is 32.2. The molecule has 8 heteroatoms. The number of hydrogen-bond donors (Lipinski definition) is 1. The number of aryl methyl sites for hydroxylation is 3. The Bertz CT molecular complexity index is 1690. The van der Waals surface area contributed by atoms with E-state index in [4.69, 9.17) is 0 Å². The highest BCUT2D eigenvalue weighted by Gasteiger charge is 2.34. The van der Waals surface area contributed by atoms with Crippen LogP contribution in [0.3, 0.4) is 0 Å². The number of benzene rings is 4. The predicted octanol–water partition coefficient (Wildman–Crippen LogP) is 6.22. The summed E-state index contributed by atoms with van der Waals surface area (Å²) in [6.07, 6.45) is 0.275. The number of amides is 2. The summed E-state index contributed by atoms with van der Waals surface area (Å²) in [5, 5.41) is 3.03. The fourth-order valence-corrected chi connectivity index (χ4v) is 6.75. The number of nitrogens with zero attached hydrogens (tertiary/aromatic N) is 2. The van der Waals surface area contributed by atoms with E-state index in [2.05, 4.69) is 5.32 Å². The molecule has 0 fully saturated rings. The van der Waals surface area contributed by atoms with Crippen molar-refractivity contribution >= 4 is 27.5 Å². The molecule has 0 aliphatic rings. The summed E-state index contributed by atoms with van der Waals surface area (Å²) in [4.78, 5) is 30.1. The summed E-state index contributed by atoms with van der Waals surface area (Å²) >= 11 is 0. The van der Waals surface area contributed by atoms with Crippen LogP contribution in [0.5, 0.6) is 0 Å². The lowest BCUT2D eigenvalue weighted by molar-refractivity contribution is -0.140. The summed E-state index contributed by atoms with van der Waals surface area (Å²) in [5.41, 5.74) is 4.90. The maximum Gasteiger partial charge on any atom is 0.264 e. The standard InChI is InChI=1S/C37H43N3O4S/c1-27(2)24-38-37(42)35(23-31-14-8-6-9-15-31)39(25-32-16-12-13-28(3)20-32)36(41)26-40(33-21-29(4)19-30(5)22-33)45(43,44)34-17-10-7-11-18-34/h6-22,27,35H,23-26H2,1-5H3,(H,38,42)/t35-/m1/s1. The zero-order valence-corrected chi connectivity index (χ0v) is 27.6. The highest BCUT2D eigenvalue weighted by molar-refractivity contribution is 7.92. The Morgan fingerprint density at radius 3 is 1.93 bits per heavy atom. The van der Waals surface area contributed by atoms with Gasteiger partial charge in [-0.25, -0.2) is 8.42 Å². The first-order valence-corrected chi connectivity index (χ1v) is 16.7. The van der Waals surface area contributed by atoms with Crippen LogP contribution in [0.2, 0.25) is 0 Å². The van der Waals surface area contributed by atoms with E-state index in [9.17, 15) is 18.0 Å². The fourth-order valence-electron chi connectivity index (χ4n) is 5.33. The molecule has 0 radical (unpaired) electrons. The van der Waals surface area contributed by atoms with Crippen molar-refractivity contribution in [2.24, 2.45) is 5.92 Å². The van der Waals surface area contributed by atoms with Gasteiger partial charge in [0.05, 0.1) is 10.6 Å². The van der Waals surface area contributed by atoms with Crippen LogP contribution in [-0.4, -0.2) is 44.3 Å². The molecule has 0 bridgehead atoms. The molecule has 0 aromatic heterocycles. The summed E-state index contributed by atoms with van der Waals surface area (Å²) in [6.45, 7) is 9.90. The van der Waals surface area contributed by atoms with E-state index >= 15 is 0 Å². The fraction of sp³-hybridized carbons (Fsp3) is 0.297. The third kappa shape index (κ3) is 9.05. The number of sulfonamides is 1. The van der Waals surface area contributed by atoms with Gasteiger partial charge in [0.1, 0.15) is 12.6 Å². The van der Waals surface area contributed by atoms with E-state index < -0.39 is 28.5 Å². The number of rotatable bonds is 13. The van der Waals surface area contributed by atoms with Gasteiger partial charge in [-0.2, -0.15) is 0 Å². The number of carbonyl (C=O) groups is 2. The number of carbonyl (C=O) groups excluding carboxylic acids is 2. The zero-order chi connectivity index (χ0) is 32.6. The monoisotopic (exact) mass is 625 g/mol. The van der Waals surface area contributed by atoms with Crippen LogP contribution in [0.25, 0.3) is 0 Å². The minimum atomic E-state index is -4.14. The van der Waals surface area contributed by atoms with Gasteiger partial charge in [-0.05, 0) is 73.2 Å². The van der Waals surface area contributed by atoms with Crippen molar-refractivity contribution < 1.29 is 18.0 Å². The van der Waals surface area contributed by atoms with Crippen molar-refractivity contribution in [3.63, 3.8) is 0 Å². The number of hydrogen-bond acceptors (Lipinski definition) is 4. The third-order valence-corrected chi connectivity index (χ3v) is 9.28. The first-order chi connectivity index (χ1) is 21.4. The lowest BCUT2D eigenvalue weighted by Crippen LogP contribution is -2.53. The van der Waals surface area contributed by atoms with Crippen LogP contribution in [0.1, 0.15) is 41.7 Å². The van der Waals surface area contributed by atoms with Crippen LogP contribution in [-0.2, 0) is 32.6 Å². The van der Waals surface area contributed by atoms with E-state index in [1.165, 1.54) is 21.3 Å². The second-order valence-corrected chi connectivity index (χ2v) is 13.9. The van der Waals surface area contributed by atoms with Gasteiger partial charge in [0.15, 0.2) is 0 Å². The van der Waals surface area contributed by atoms with Gasteiger partial charge in [-0.1, -0.05) is 98.3 Å². The molecule has 0 spiro atoms. The Kier molecular flexibility index (Phi) is 11.2. The number of anilines is 1. The third-order valence-electron chi connectivity index (χ3n) is 7.50. The molecule has 7 nitrogen and oxygen atoms in total. The Balaban J connectivity index is 1.82. The Labute approximate surface area is 268 Å². The summed E-state index contributed by atoms with van der Waals surface area (Å²) < 4.78 is 29.5. The van der Waals surface area contributed by atoms with Crippen molar-refractivity contribution in [2.45, 2.75) is 58.5 Å². The highest BCUT2D eigenvalue weighted by Crippen LogP contribution is 2.27. The Hall–Kier alpha value is -4.43. The lowest BCUT2D eigenvalue weighted by atomic mass is 10.0. The molecule has 0 saturated heterocycles. The van der Waals surface area contributed by atoms with Crippen molar-refractivity contribution in [3.8, 4) is 0 Å². The van der Waals surface area contributed by atoms with E-state index in [1.807, 2.05) is 95.3 Å². The molecule has 4 aromatic carbocycles. The Morgan fingerprint density at radius 2 is 1.33 bits per heavy atom. The quantitative estimate of drug-likeness (QED) is 0.191. The largest absolute Gasteiger partial charge is 0.354 e. The number of nitrogens with one attached hydrogen (secondary N) is 1. The van der Waals surface area contributed by atoms with E-state index in [0.717, 1.165) is 27.8 Å². The molecule has 0 unspecified atom stereocenters. The molecule has 1 N–H and O–H groups in total. The van der Waals surface area contributed by atoms with Gasteiger partial charge in [0.25, 0.3) is 10.0 Å². The summed E-state index contributed by atoms with van der Waals surface area (Å²) in [5.74, 6) is -0.545. The smallest absolute Gasteiger partial charge is 0.264 e. The minimum absolute atomic E-state index is 0.0812. The molecule has 236 valence electrons. The molecule has 1 atom stereocenters. The van der Waals surface area contributed by atoms with E-state index in [0.29, 0.717) is 12.2 Å². The van der Waals surface area contributed by atoms with Crippen LogP contribution in [0.15, 0.2) is 108 Å². The van der Waals surface area contributed by atoms with Crippen molar-refractivity contribution in [3.05, 3.63) is 131 Å². The summed E-state index contributed by atoms with van der Waals surface area (Å²) in [7, 11) is -4.14. The SMILES string of the molecule is Cc1cccc(CN(C(=O)CN(c2cc(C)cc(C)c2)S(=O)(=O)c2ccccc2)[C@H](Cc2ccccc2)C(=O)NCC(C)C)c1. The van der Waals surface area contributed by atoms with Crippen molar-refractivity contribution in [1.82, 2.24) is 10.2 Å². The van der Waals surface area contributed by atoms with Gasteiger partial charge < -0.3 is 10.2 Å². The molecular weight excluding hydrogens is 582 g/mol. The van der Waals surface area contributed by atoms with Crippen molar-refractivity contribution in [1.29, 1.82) is 0 Å². The maximum atomic E-state index is 14.6. The molecule has 2 amide bonds. The molecule has 0 saturated carbocycles. The van der Waals surface area contributed by atoms with Crippen LogP contribution < -0.4 is 9.62 Å². The minimum Gasteiger partial charge on any atom is -0.354 e. The van der Waals surface area contributed by atoms with Crippen LogP contribution in [0, 0.1) is 26.7 Å². The lowest BCUT2D eigenvalue weighted by Gasteiger charge is -2.34. The van der Waals surface area contributed by atoms with Gasteiger partial charge in [0.2, 0.25) is 11.8 Å². The second kappa shape index (κ2) is 15.0. The normalized spacial score (nSPS) is 12.0. The predicted molar refractivity (Wildman–Crippen MR) is 180 cm³/mol. The average molecular weight is 626 g/mol. The van der Waals surface area contributed by atoms with E-state index in [-0.39, 0.29) is 29.7 Å². The van der Waals surface area contributed by atoms with Crippen molar-refractivity contribution in [2.75, 3.05) is 17.4 Å². The van der Waals surface area contributed by atoms with Gasteiger partial charge in [-0.3, -0.25) is 13.9 Å². The van der Waals surface area contributed by atoms with Crippen LogP contribution in [0.4, 0.5) is 5.69 Å². The second-order valence-electron chi connectivity index (χ2n) is 12.0. The molecule has 0 heterocycles. The van der Waals surface area contributed by atoms with Gasteiger partial charge in [-0.15, -0.1) is 0 Å². The molecule has 0 aliphatic carbocycles. The zero-order valence-electron chi connectivity index (χ0n) is 26.7. The van der Waals surface area contributed by atoms with Gasteiger partial charge in [0, 0.05) is 19.5 Å². The summed E-state index contributed by atoms with van der Waals surface area (Å²) in [6, 6.07) is 30.1. The molecule has 4 aromatic rings. The average Bonchev–Trinajstić information content (AvgIpc) is 3.00. The first-order valence-electron chi connectivity index (χ1n) is 15.3. The molecule has 0 aliphatic heterocycles. The molecule has 4 rings (SSSR count). The first kappa shape index (κ1) is 33.5. The maximum absolute atomic E-state index is 14.6. The van der Waals surface area contributed by atoms with E-state index in [1.54, 1.807) is 30.3 Å². The topological polar surface area (TPSA) is 86.8 Å². The molecule has 45 heavy (non-hydrogen) atoms.